The van der Waals surface area contributed by atoms with Gasteiger partial charge in [0.1, 0.15) is 0 Å². The number of ether oxygens (including phenoxy) is 1. The SMILES string of the molecule is COC(=O)c1nnn(Cc2cccc(C)n2)c1CCN. The van der Waals surface area contributed by atoms with Gasteiger partial charge in [0.2, 0.25) is 0 Å². The van der Waals surface area contributed by atoms with E-state index in [1.807, 2.05) is 25.1 Å². The monoisotopic (exact) mass is 275 g/mol. The predicted octanol–water partition coefficient (Wildman–Crippen LogP) is 0.318. The Hall–Kier alpha value is -2.28. The first-order valence-electron chi connectivity index (χ1n) is 6.29. The zero-order chi connectivity index (χ0) is 14.5. The lowest BCUT2D eigenvalue weighted by molar-refractivity contribution is 0.0592. The molecule has 0 saturated carbocycles. The van der Waals surface area contributed by atoms with Crippen LogP contribution in [0.15, 0.2) is 18.2 Å². The molecule has 0 aliphatic carbocycles. The molecule has 20 heavy (non-hydrogen) atoms. The smallest absolute Gasteiger partial charge is 0.360 e. The minimum absolute atomic E-state index is 0.214. The summed E-state index contributed by atoms with van der Waals surface area (Å²) < 4.78 is 6.33. The Kier molecular flexibility index (Phi) is 4.41. The van der Waals surface area contributed by atoms with Crippen LogP contribution in [-0.4, -0.2) is 39.6 Å². The van der Waals surface area contributed by atoms with Gasteiger partial charge < -0.3 is 10.5 Å². The molecule has 2 N–H and O–H groups in total. The number of hydrogen-bond donors (Lipinski definition) is 1. The number of esters is 1. The van der Waals surface area contributed by atoms with E-state index < -0.39 is 5.97 Å². The Morgan fingerprint density at radius 3 is 2.90 bits per heavy atom. The zero-order valence-electron chi connectivity index (χ0n) is 11.5. The lowest BCUT2D eigenvalue weighted by Crippen LogP contribution is -2.15. The van der Waals surface area contributed by atoms with Crippen molar-refractivity contribution in [2.24, 2.45) is 5.73 Å². The molecule has 0 aliphatic rings. The second-order valence-corrected chi connectivity index (χ2v) is 4.34. The summed E-state index contributed by atoms with van der Waals surface area (Å²) in [6.45, 7) is 2.77. The van der Waals surface area contributed by atoms with Crippen LogP contribution >= 0.6 is 0 Å². The molecule has 0 spiro atoms. The predicted molar refractivity (Wildman–Crippen MR) is 72.2 cm³/mol. The summed E-state index contributed by atoms with van der Waals surface area (Å²) in [5.74, 6) is -0.503. The number of nitrogens with zero attached hydrogens (tertiary/aromatic N) is 4. The molecule has 0 bridgehead atoms. The lowest BCUT2D eigenvalue weighted by Gasteiger charge is -2.06. The largest absolute Gasteiger partial charge is 0.464 e. The third-order valence-electron chi connectivity index (χ3n) is 2.86. The number of methoxy groups -OCH3 is 1. The van der Waals surface area contributed by atoms with Crippen molar-refractivity contribution in [2.45, 2.75) is 19.9 Å². The first-order chi connectivity index (χ1) is 9.65. The zero-order valence-corrected chi connectivity index (χ0v) is 11.5. The van der Waals surface area contributed by atoms with Crippen molar-refractivity contribution in [1.82, 2.24) is 20.0 Å². The fraction of sp³-hybridized carbons (Fsp3) is 0.385. The molecule has 0 atom stereocenters. The number of hydrogen-bond acceptors (Lipinski definition) is 6. The van der Waals surface area contributed by atoms with Gasteiger partial charge in [-0.05, 0) is 25.6 Å². The molecular formula is C13H17N5O2. The third-order valence-corrected chi connectivity index (χ3v) is 2.86. The summed E-state index contributed by atoms with van der Waals surface area (Å²) in [6.07, 6.45) is 0.503. The minimum atomic E-state index is -0.503. The van der Waals surface area contributed by atoms with Crippen LogP contribution < -0.4 is 5.73 Å². The highest BCUT2D eigenvalue weighted by Crippen LogP contribution is 2.10. The second kappa shape index (κ2) is 6.25. The molecular weight excluding hydrogens is 258 g/mol. The van der Waals surface area contributed by atoms with Gasteiger partial charge in [0.25, 0.3) is 0 Å². The van der Waals surface area contributed by atoms with Crippen molar-refractivity contribution in [2.75, 3.05) is 13.7 Å². The molecule has 0 aliphatic heterocycles. The molecule has 0 amide bonds. The fourth-order valence-corrected chi connectivity index (χ4v) is 1.94. The molecule has 106 valence electrons. The minimum Gasteiger partial charge on any atom is -0.464 e. The molecule has 2 rings (SSSR count). The summed E-state index contributed by atoms with van der Waals surface area (Å²) in [4.78, 5) is 16.0. The number of aryl methyl sites for hydroxylation is 1. The Labute approximate surface area is 116 Å². The van der Waals surface area contributed by atoms with Gasteiger partial charge in [-0.2, -0.15) is 0 Å². The molecule has 0 fully saturated rings. The summed E-state index contributed by atoms with van der Waals surface area (Å²) in [5.41, 5.74) is 8.24. The third kappa shape index (κ3) is 3.00. The highest BCUT2D eigenvalue weighted by molar-refractivity contribution is 5.88. The second-order valence-electron chi connectivity index (χ2n) is 4.34. The van der Waals surface area contributed by atoms with Crippen LogP contribution in [0.3, 0.4) is 0 Å². The number of carbonyl (C=O) groups excluding carboxylic acids is 1. The van der Waals surface area contributed by atoms with E-state index in [1.54, 1.807) is 4.68 Å². The lowest BCUT2D eigenvalue weighted by atomic mass is 10.2. The normalized spacial score (nSPS) is 10.6. The van der Waals surface area contributed by atoms with Crippen molar-refractivity contribution in [3.8, 4) is 0 Å². The Bertz CT molecular complexity index is 609. The maximum Gasteiger partial charge on any atom is 0.360 e. The van der Waals surface area contributed by atoms with Crippen molar-refractivity contribution in [3.05, 3.63) is 41.0 Å². The molecule has 2 aromatic rings. The van der Waals surface area contributed by atoms with E-state index in [4.69, 9.17) is 10.5 Å². The highest BCUT2D eigenvalue weighted by Gasteiger charge is 2.19. The maximum atomic E-state index is 11.6. The van der Waals surface area contributed by atoms with Crippen molar-refractivity contribution in [1.29, 1.82) is 0 Å². The van der Waals surface area contributed by atoms with Crippen LogP contribution in [-0.2, 0) is 17.7 Å². The van der Waals surface area contributed by atoms with Gasteiger partial charge in [-0.1, -0.05) is 11.3 Å². The standard InChI is InChI=1S/C13H17N5O2/c1-9-4-3-5-10(15-9)8-18-11(6-7-14)12(16-17-18)13(19)20-2/h3-5H,6-8,14H2,1-2H3. The molecule has 0 aromatic carbocycles. The highest BCUT2D eigenvalue weighted by atomic mass is 16.5. The molecule has 2 aromatic heterocycles. The van der Waals surface area contributed by atoms with E-state index in [-0.39, 0.29) is 5.69 Å². The van der Waals surface area contributed by atoms with Crippen LogP contribution in [0, 0.1) is 6.92 Å². The first-order valence-corrected chi connectivity index (χ1v) is 6.29. The molecule has 7 heteroatoms. The molecule has 0 saturated heterocycles. The topological polar surface area (TPSA) is 95.9 Å². The summed E-state index contributed by atoms with van der Waals surface area (Å²) in [7, 11) is 1.32. The summed E-state index contributed by atoms with van der Waals surface area (Å²) in [6, 6.07) is 5.75. The van der Waals surface area contributed by atoms with Gasteiger partial charge in [0, 0.05) is 12.1 Å². The summed E-state index contributed by atoms with van der Waals surface area (Å²) in [5, 5.41) is 7.88. The molecule has 7 nitrogen and oxygen atoms in total. The van der Waals surface area contributed by atoms with Crippen molar-refractivity contribution in [3.63, 3.8) is 0 Å². The average Bonchev–Trinajstić information content (AvgIpc) is 2.82. The van der Waals surface area contributed by atoms with E-state index in [0.717, 1.165) is 11.4 Å². The van der Waals surface area contributed by atoms with E-state index in [9.17, 15) is 4.79 Å². The van der Waals surface area contributed by atoms with Crippen LogP contribution in [0.1, 0.15) is 27.6 Å². The number of carbonyl (C=O) groups is 1. The molecule has 0 unspecified atom stereocenters. The van der Waals surface area contributed by atoms with E-state index >= 15 is 0 Å². The number of nitrogens with two attached hydrogens (primary N) is 1. The van der Waals surface area contributed by atoms with Gasteiger partial charge >= 0.3 is 5.97 Å². The van der Waals surface area contributed by atoms with E-state index in [2.05, 4.69) is 15.3 Å². The van der Waals surface area contributed by atoms with Gasteiger partial charge in [-0.25, -0.2) is 9.48 Å². The van der Waals surface area contributed by atoms with Crippen molar-refractivity contribution < 1.29 is 9.53 Å². The summed E-state index contributed by atoms with van der Waals surface area (Å²) >= 11 is 0. The van der Waals surface area contributed by atoms with Crippen molar-refractivity contribution >= 4 is 5.97 Å². The quantitative estimate of drug-likeness (QED) is 0.789. The Morgan fingerprint density at radius 1 is 1.45 bits per heavy atom. The first kappa shape index (κ1) is 14.1. The number of aromatic nitrogens is 4. The Morgan fingerprint density at radius 2 is 2.25 bits per heavy atom. The number of pyridine rings is 1. The molecule has 0 radical (unpaired) electrons. The average molecular weight is 275 g/mol. The fourth-order valence-electron chi connectivity index (χ4n) is 1.94. The van der Waals surface area contributed by atoms with Crippen LogP contribution in [0.4, 0.5) is 0 Å². The van der Waals surface area contributed by atoms with Gasteiger partial charge in [0.15, 0.2) is 5.69 Å². The molecule has 2 heterocycles. The van der Waals surface area contributed by atoms with E-state index in [1.165, 1.54) is 7.11 Å². The van der Waals surface area contributed by atoms with Crippen LogP contribution in [0.5, 0.6) is 0 Å². The van der Waals surface area contributed by atoms with Gasteiger partial charge in [-0.15, -0.1) is 5.10 Å². The Balaban J connectivity index is 2.31. The van der Waals surface area contributed by atoms with Gasteiger partial charge in [0.05, 0.1) is 25.0 Å². The van der Waals surface area contributed by atoms with E-state index in [0.29, 0.717) is 25.2 Å². The number of rotatable bonds is 5. The van der Waals surface area contributed by atoms with Crippen LogP contribution in [0.25, 0.3) is 0 Å². The van der Waals surface area contributed by atoms with Gasteiger partial charge in [-0.3, -0.25) is 4.98 Å². The van der Waals surface area contributed by atoms with Crippen LogP contribution in [0.2, 0.25) is 0 Å². The maximum absolute atomic E-state index is 11.6.